The zero-order valence-electron chi connectivity index (χ0n) is 15.6. The highest BCUT2D eigenvalue weighted by Gasteiger charge is 2.22. The lowest BCUT2D eigenvalue weighted by Gasteiger charge is -2.10. The van der Waals surface area contributed by atoms with E-state index in [9.17, 15) is 9.90 Å². The summed E-state index contributed by atoms with van der Waals surface area (Å²) in [6.45, 7) is 0.519. The highest BCUT2D eigenvalue weighted by Crippen LogP contribution is 2.30. The Bertz CT molecular complexity index is 1110. The van der Waals surface area contributed by atoms with Crippen LogP contribution in [0.3, 0.4) is 0 Å². The average molecular weight is 371 g/mol. The fourth-order valence-electron chi connectivity index (χ4n) is 3.68. The zero-order valence-corrected chi connectivity index (χ0v) is 15.6. The van der Waals surface area contributed by atoms with Gasteiger partial charge in [0.2, 0.25) is 0 Å². The van der Waals surface area contributed by atoms with Gasteiger partial charge in [-0.25, -0.2) is 4.79 Å². The largest absolute Gasteiger partial charge is 0.497 e. The molecule has 4 heteroatoms. The molecule has 0 unspecified atom stereocenters. The Morgan fingerprint density at radius 2 is 1.57 bits per heavy atom. The van der Waals surface area contributed by atoms with Gasteiger partial charge in [-0.15, -0.1) is 0 Å². The molecule has 4 rings (SSSR count). The van der Waals surface area contributed by atoms with E-state index in [0.29, 0.717) is 18.7 Å². The van der Waals surface area contributed by atoms with Crippen LogP contribution in [-0.2, 0) is 13.0 Å². The SMILES string of the molecule is COc1ccc(Cc2c(C(=O)O)n(Cc3ccccc3)c3ccccc23)cc1. The van der Waals surface area contributed by atoms with E-state index in [-0.39, 0.29) is 0 Å². The predicted molar refractivity (Wildman–Crippen MR) is 110 cm³/mol. The molecule has 0 radical (unpaired) electrons. The molecule has 0 atom stereocenters. The van der Waals surface area contributed by atoms with Gasteiger partial charge in [-0.1, -0.05) is 60.7 Å². The molecule has 1 heterocycles. The van der Waals surface area contributed by atoms with Crippen molar-refractivity contribution in [3.63, 3.8) is 0 Å². The lowest BCUT2D eigenvalue weighted by Crippen LogP contribution is -2.11. The summed E-state index contributed by atoms with van der Waals surface area (Å²) in [6, 6.07) is 25.6. The van der Waals surface area contributed by atoms with Crippen molar-refractivity contribution in [1.82, 2.24) is 4.57 Å². The van der Waals surface area contributed by atoms with E-state index in [1.807, 2.05) is 83.4 Å². The molecule has 0 fully saturated rings. The zero-order chi connectivity index (χ0) is 19.5. The molecule has 0 aliphatic heterocycles. The molecule has 140 valence electrons. The van der Waals surface area contributed by atoms with E-state index in [0.717, 1.165) is 33.3 Å². The number of hydrogen-bond acceptors (Lipinski definition) is 2. The summed E-state index contributed by atoms with van der Waals surface area (Å²) in [5, 5.41) is 11.0. The first-order valence-electron chi connectivity index (χ1n) is 9.17. The third kappa shape index (κ3) is 3.37. The number of hydrogen-bond donors (Lipinski definition) is 1. The van der Waals surface area contributed by atoms with Crippen LogP contribution in [0.5, 0.6) is 5.75 Å². The van der Waals surface area contributed by atoms with Crippen molar-refractivity contribution in [2.24, 2.45) is 0 Å². The third-order valence-electron chi connectivity index (χ3n) is 5.00. The Morgan fingerprint density at radius 1 is 0.893 bits per heavy atom. The second-order valence-corrected chi connectivity index (χ2v) is 6.75. The molecule has 0 spiro atoms. The lowest BCUT2D eigenvalue weighted by molar-refractivity contribution is 0.0685. The van der Waals surface area contributed by atoms with Crippen LogP contribution >= 0.6 is 0 Å². The number of carboxylic acids is 1. The highest BCUT2D eigenvalue weighted by atomic mass is 16.5. The number of carboxylic acid groups (broad SMARTS) is 1. The maximum atomic E-state index is 12.3. The van der Waals surface area contributed by atoms with Gasteiger partial charge in [0.05, 0.1) is 7.11 Å². The number of carbonyl (C=O) groups is 1. The Kier molecular flexibility index (Phi) is 4.85. The number of aromatic nitrogens is 1. The minimum Gasteiger partial charge on any atom is -0.497 e. The molecule has 4 aromatic rings. The van der Waals surface area contributed by atoms with Crippen molar-refractivity contribution in [2.45, 2.75) is 13.0 Å². The predicted octanol–water partition coefficient (Wildman–Crippen LogP) is 4.99. The van der Waals surface area contributed by atoms with Gasteiger partial charge in [0.1, 0.15) is 11.4 Å². The molecular weight excluding hydrogens is 350 g/mol. The lowest BCUT2D eigenvalue weighted by atomic mass is 10.0. The van der Waals surface area contributed by atoms with Gasteiger partial charge < -0.3 is 14.4 Å². The van der Waals surface area contributed by atoms with Crippen molar-refractivity contribution in [3.05, 3.63) is 101 Å². The highest BCUT2D eigenvalue weighted by molar-refractivity contribution is 5.98. The van der Waals surface area contributed by atoms with E-state index < -0.39 is 5.97 Å². The smallest absolute Gasteiger partial charge is 0.352 e. The molecule has 0 saturated heterocycles. The summed E-state index contributed by atoms with van der Waals surface area (Å²) in [7, 11) is 1.63. The van der Waals surface area contributed by atoms with Crippen LogP contribution in [-0.4, -0.2) is 22.8 Å². The van der Waals surface area contributed by atoms with Gasteiger partial charge in [0.25, 0.3) is 0 Å². The molecule has 0 saturated carbocycles. The average Bonchev–Trinajstić information content (AvgIpc) is 3.03. The molecule has 0 bridgehead atoms. The molecule has 28 heavy (non-hydrogen) atoms. The first-order chi connectivity index (χ1) is 13.7. The van der Waals surface area contributed by atoms with Gasteiger partial charge in [0.15, 0.2) is 0 Å². The monoisotopic (exact) mass is 371 g/mol. The van der Waals surface area contributed by atoms with Gasteiger partial charge in [-0.2, -0.15) is 0 Å². The standard InChI is InChI=1S/C24H21NO3/c1-28-19-13-11-17(12-14-19)15-21-20-9-5-6-10-22(20)25(23(21)24(26)27)16-18-7-3-2-4-8-18/h2-14H,15-16H2,1H3,(H,26,27). The van der Waals surface area contributed by atoms with Crippen molar-refractivity contribution < 1.29 is 14.6 Å². The Hall–Kier alpha value is -3.53. The maximum absolute atomic E-state index is 12.3. The second-order valence-electron chi connectivity index (χ2n) is 6.75. The van der Waals surface area contributed by atoms with Crippen molar-refractivity contribution in [2.75, 3.05) is 7.11 Å². The quantitative estimate of drug-likeness (QED) is 0.520. The molecule has 0 aliphatic rings. The third-order valence-corrected chi connectivity index (χ3v) is 5.00. The number of nitrogens with zero attached hydrogens (tertiary/aromatic N) is 1. The fourth-order valence-corrected chi connectivity index (χ4v) is 3.68. The number of benzene rings is 3. The molecule has 0 aliphatic carbocycles. The van der Waals surface area contributed by atoms with Crippen molar-refractivity contribution >= 4 is 16.9 Å². The Balaban J connectivity index is 1.85. The van der Waals surface area contributed by atoms with Crippen LogP contribution in [0, 0.1) is 0 Å². The van der Waals surface area contributed by atoms with Crippen LogP contribution in [0.4, 0.5) is 0 Å². The number of rotatable bonds is 6. The summed E-state index contributed by atoms with van der Waals surface area (Å²) in [5.74, 6) is -0.121. The summed E-state index contributed by atoms with van der Waals surface area (Å²) in [5.41, 5.74) is 4.24. The number of fused-ring (bicyclic) bond motifs is 1. The molecular formula is C24H21NO3. The first-order valence-corrected chi connectivity index (χ1v) is 9.17. The summed E-state index contributed by atoms with van der Waals surface area (Å²) in [6.07, 6.45) is 0.550. The molecule has 3 aromatic carbocycles. The Morgan fingerprint density at radius 3 is 2.25 bits per heavy atom. The van der Waals surface area contributed by atoms with Crippen LogP contribution < -0.4 is 4.74 Å². The van der Waals surface area contributed by atoms with Crippen LogP contribution in [0.15, 0.2) is 78.9 Å². The van der Waals surface area contributed by atoms with Crippen molar-refractivity contribution in [1.29, 1.82) is 0 Å². The minimum atomic E-state index is -0.907. The van der Waals surface area contributed by atoms with Gasteiger partial charge in [-0.3, -0.25) is 0 Å². The van der Waals surface area contributed by atoms with Crippen LogP contribution in [0.25, 0.3) is 10.9 Å². The van der Waals surface area contributed by atoms with E-state index >= 15 is 0 Å². The van der Waals surface area contributed by atoms with Crippen molar-refractivity contribution in [3.8, 4) is 5.75 Å². The molecule has 1 aromatic heterocycles. The van der Waals surface area contributed by atoms with Gasteiger partial charge in [0, 0.05) is 23.9 Å². The van der Waals surface area contributed by atoms with E-state index in [1.54, 1.807) is 7.11 Å². The van der Waals surface area contributed by atoms with Gasteiger partial charge >= 0.3 is 5.97 Å². The Labute approximate surface area is 163 Å². The number of para-hydroxylation sites is 1. The second kappa shape index (κ2) is 7.61. The number of aromatic carboxylic acids is 1. The van der Waals surface area contributed by atoms with E-state index in [4.69, 9.17) is 4.74 Å². The summed E-state index contributed by atoms with van der Waals surface area (Å²) < 4.78 is 7.13. The molecule has 1 N–H and O–H groups in total. The topological polar surface area (TPSA) is 51.5 Å². The van der Waals surface area contributed by atoms with E-state index in [2.05, 4.69) is 0 Å². The normalized spacial score (nSPS) is 10.9. The molecule has 0 amide bonds. The maximum Gasteiger partial charge on any atom is 0.352 e. The number of ether oxygens (including phenoxy) is 1. The minimum absolute atomic E-state index is 0.348. The summed E-state index contributed by atoms with van der Waals surface area (Å²) in [4.78, 5) is 12.3. The number of methoxy groups -OCH3 is 1. The van der Waals surface area contributed by atoms with E-state index in [1.165, 1.54) is 0 Å². The summed E-state index contributed by atoms with van der Waals surface area (Å²) >= 11 is 0. The molecule has 4 nitrogen and oxygen atoms in total. The van der Waals surface area contributed by atoms with Gasteiger partial charge in [-0.05, 0) is 34.9 Å². The first kappa shape index (κ1) is 17.9. The van der Waals surface area contributed by atoms with Crippen LogP contribution in [0.2, 0.25) is 0 Å². The van der Waals surface area contributed by atoms with Crippen LogP contribution in [0.1, 0.15) is 27.2 Å². The fraction of sp³-hybridized carbons (Fsp3) is 0.125.